The van der Waals surface area contributed by atoms with E-state index in [1.165, 1.54) is 6.42 Å². The summed E-state index contributed by atoms with van der Waals surface area (Å²) in [5, 5.41) is 3.55. The number of nitrogens with one attached hydrogen (secondary N) is 1. The van der Waals surface area contributed by atoms with Crippen molar-refractivity contribution in [1.29, 1.82) is 0 Å². The number of rotatable bonds is 4. The van der Waals surface area contributed by atoms with Gasteiger partial charge in [-0.25, -0.2) is 0 Å². The molecular weight excluding hydrogens is 264 g/mol. The number of hydrogen-bond acceptors (Lipinski definition) is 3. The lowest BCUT2D eigenvalue weighted by Gasteiger charge is -2.37. The van der Waals surface area contributed by atoms with Gasteiger partial charge in [0.05, 0.1) is 7.11 Å². The Morgan fingerprint density at radius 2 is 2.00 bits per heavy atom. The summed E-state index contributed by atoms with van der Waals surface area (Å²) in [6.07, 6.45) is 5.47. The fraction of sp³-hybridized carbons (Fsp3) is 0.588. The normalized spacial score (nSPS) is 20.0. The van der Waals surface area contributed by atoms with Gasteiger partial charge in [0.15, 0.2) is 0 Å². The van der Waals surface area contributed by atoms with Crippen LogP contribution in [0.1, 0.15) is 32.1 Å². The van der Waals surface area contributed by atoms with E-state index in [1.807, 2.05) is 18.2 Å². The lowest BCUT2D eigenvalue weighted by Crippen LogP contribution is -2.46. The third-order valence-corrected chi connectivity index (χ3v) is 4.70. The molecule has 0 unspecified atom stereocenters. The van der Waals surface area contributed by atoms with Crippen LogP contribution in [-0.2, 0) is 4.79 Å². The van der Waals surface area contributed by atoms with Gasteiger partial charge in [-0.1, -0.05) is 12.5 Å². The van der Waals surface area contributed by atoms with Gasteiger partial charge in [0.2, 0.25) is 5.91 Å². The highest BCUT2D eigenvalue weighted by Gasteiger charge is 2.31. The van der Waals surface area contributed by atoms with Crippen molar-refractivity contribution in [3.05, 3.63) is 24.3 Å². The second-order valence-corrected chi connectivity index (χ2v) is 6.10. The Hall–Kier alpha value is -1.71. The molecule has 1 N–H and O–H groups in total. The Balaban J connectivity index is 1.50. The summed E-state index contributed by atoms with van der Waals surface area (Å²) in [5.41, 5.74) is 1.10. The van der Waals surface area contributed by atoms with E-state index < -0.39 is 0 Å². The van der Waals surface area contributed by atoms with E-state index in [4.69, 9.17) is 4.74 Å². The van der Waals surface area contributed by atoms with Crippen molar-refractivity contribution in [1.82, 2.24) is 4.90 Å². The number of hydrogen-bond donors (Lipinski definition) is 1. The van der Waals surface area contributed by atoms with Crippen molar-refractivity contribution in [2.75, 3.05) is 25.5 Å². The van der Waals surface area contributed by atoms with Gasteiger partial charge in [-0.15, -0.1) is 0 Å². The number of nitrogens with zero attached hydrogens (tertiary/aromatic N) is 1. The Kier molecular flexibility index (Phi) is 4.32. The fourth-order valence-electron chi connectivity index (χ4n) is 3.11. The number of amides is 1. The summed E-state index contributed by atoms with van der Waals surface area (Å²) in [5.74, 6) is 1.59. The average Bonchev–Trinajstić information content (AvgIpc) is 2.46. The van der Waals surface area contributed by atoms with Crippen LogP contribution in [0.3, 0.4) is 0 Å². The first-order valence-electron chi connectivity index (χ1n) is 7.95. The van der Waals surface area contributed by atoms with Gasteiger partial charge in [-0.3, -0.25) is 4.79 Å². The molecular formula is C17H24N2O2. The minimum atomic E-state index is 0.327. The van der Waals surface area contributed by atoms with Crippen LogP contribution in [0, 0.1) is 5.92 Å². The van der Waals surface area contributed by atoms with Crippen LogP contribution < -0.4 is 10.1 Å². The summed E-state index contributed by atoms with van der Waals surface area (Å²) in [6, 6.07) is 8.48. The molecule has 1 saturated carbocycles. The lowest BCUT2D eigenvalue weighted by atomic mass is 9.84. The van der Waals surface area contributed by atoms with Crippen LogP contribution >= 0.6 is 0 Å². The predicted octanol–water partition coefficient (Wildman–Crippen LogP) is 2.90. The first kappa shape index (κ1) is 14.2. The van der Waals surface area contributed by atoms with Gasteiger partial charge in [-0.2, -0.15) is 0 Å². The second-order valence-electron chi connectivity index (χ2n) is 6.10. The minimum Gasteiger partial charge on any atom is -0.497 e. The van der Waals surface area contributed by atoms with Gasteiger partial charge >= 0.3 is 0 Å². The Morgan fingerprint density at radius 1 is 1.24 bits per heavy atom. The molecule has 4 heteroatoms. The van der Waals surface area contributed by atoms with Crippen molar-refractivity contribution in [2.45, 2.75) is 38.1 Å². The Morgan fingerprint density at radius 3 is 2.62 bits per heavy atom. The molecule has 1 heterocycles. The molecule has 1 aliphatic carbocycles. The summed E-state index contributed by atoms with van der Waals surface area (Å²) in [4.78, 5) is 14.3. The van der Waals surface area contributed by atoms with Crippen molar-refractivity contribution in [3.63, 3.8) is 0 Å². The maximum atomic E-state index is 12.2. The molecule has 0 aromatic heterocycles. The number of carbonyl (C=O) groups is 1. The monoisotopic (exact) mass is 288 g/mol. The van der Waals surface area contributed by atoms with Crippen LogP contribution in [0.4, 0.5) is 5.69 Å². The van der Waals surface area contributed by atoms with Gasteiger partial charge in [0.1, 0.15) is 5.75 Å². The zero-order valence-electron chi connectivity index (χ0n) is 12.7. The van der Waals surface area contributed by atoms with Crippen LogP contribution in [0.2, 0.25) is 0 Å². The van der Waals surface area contributed by atoms with E-state index in [2.05, 4.69) is 16.3 Å². The lowest BCUT2D eigenvalue weighted by molar-refractivity contribution is -0.139. The second kappa shape index (κ2) is 6.37. The topological polar surface area (TPSA) is 41.6 Å². The summed E-state index contributed by atoms with van der Waals surface area (Å²) >= 11 is 0. The first-order valence-corrected chi connectivity index (χ1v) is 7.95. The van der Waals surface area contributed by atoms with E-state index in [9.17, 15) is 4.79 Å². The summed E-state index contributed by atoms with van der Waals surface area (Å²) in [6.45, 7) is 1.77. The third-order valence-electron chi connectivity index (χ3n) is 4.70. The maximum absolute atomic E-state index is 12.2. The largest absolute Gasteiger partial charge is 0.497 e. The molecule has 1 aliphatic heterocycles. The van der Waals surface area contributed by atoms with E-state index >= 15 is 0 Å². The highest BCUT2D eigenvalue weighted by atomic mass is 16.5. The molecule has 0 bridgehead atoms. The quantitative estimate of drug-likeness (QED) is 0.926. The number of piperidine rings is 1. The number of benzene rings is 1. The highest BCUT2D eigenvalue weighted by molar-refractivity contribution is 5.79. The van der Waals surface area contributed by atoms with E-state index in [0.717, 1.165) is 50.2 Å². The molecule has 4 nitrogen and oxygen atoms in total. The highest BCUT2D eigenvalue weighted by Crippen LogP contribution is 2.29. The number of ether oxygens (including phenoxy) is 1. The molecule has 0 radical (unpaired) electrons. The van der Waals surface area contributed by atoms with Crippen molar-refractivity contribution >= 4 is 11.6 Å². The van der Waals surface area contributed by atoms with Gasteiger partial charge in [0.25, 0.3) is 0 Å². The molecule has 21 heavy (non-hydrogen) atoms. The van der Waals surface area contributed by atoms with Gasteiger partial charge in [0, 0.05) is 36.8 Å². The molecule has 1 aromatic rings. The van der Waals surface area contributed by atoms with Crippen molar-refractivity contribution in [3.8, 4) is 5.75 Å². The fourth-order valence-corrected chi connectivity index (χ4v) is 3.11. The molecule has 0 spiro atoms. The average molecular weight is 288 g/mol. The van der Waals surface area contributed by atoms with Gasteiger partial charge < -0.3 is 15.0 Å². The molecule has 114 valence electrons. The molecule has 3 rings (SSSR count). The first-order chi connectivity index (χ1) is 10.3. The molecule has 1 saturated heterocycles. The molecule has 1 amide bonds. The number of carbonyl (C=O) groups excluding carboxylic acids is 1. The molecule has 2 aliphatic rings. The van der Waals surface area contributed by atoms with E-state index in [1.54, 1.807) is 7.11 Å². The standard InChI is InChI=1S/C17H24N2O2/c1-21-16-7-3-6-15(12-16)18-14-8-10-19(11-9-14)17(20)13-4-2-5-13/h3,6-7,12-14,18H,2,4-5,8-11H2,1H3. The Labute approximate surface area is 126 Å². The SMILES string of the molecule is COc1cccc(NC2CCN(C(=O)C3CCC3)CC2)c1. The van der Waals surface area contributed by atoms with Crippen LogP contribution in [0.15, 0.2) is 24.3 Å². The Bertz CT molecular complexity index is 491. The van der Waals surface area contributed by atoms with Crippen LogP contribution in [0.25, 0.3) is 0 Å². The zero-order valence-corrected chi connectivity index (χ0v) is 12.7. The molecule has 1 aromatic carbocycles. The van der Waals surface area contributed by atoms with E-state index in [-0.39, 0.29) is 0 Å². The predicted molar refractivity (Wildman–Crippen MR) is 83.6 cm³/mol. The number of anilines is 1. The van der Waals surface area contributed by atoms with E-state index in [0.29, 0.717) is 17.9 Å². The number of methoxy groups -OCH3 is 1. The molecule has 2 fully saturated rings. The van der Waals surface area contributed by atoms with Crippen molar-refractivity contribution in [2.24, 2.45) is 5.92 Å². The number of likely N-dealkylation sites (tertiary alicyclic amines) is 1. The van der Waals surface area contributed by atoms with Crippen LogP contribution in [0.5, 0.6) is 5.75 Å². The van der Waals surface area contributed by atoms with Gasteiger partial charge in [-0.05, 0) is 37.8 Å². The third kappa shape index (κ3) is 3.31. The minimum absolute atomic E-state index is 0.327. The summed E-state index contributed by atoms with van der Waals surface area (Å²) in [7, 11) is 1.68. The molecule has 0 atom stereocenters. The van der Waals surface area contributed by atoms with Crippen molar-refractivity contribution < 1.29 is 9.53 Å². The smallest absolute Gasteiger partial charge is 0.225 e. The zero-order chi connectivity index (χ0) is 14.7. The van der Waals surface area contributed by atoms with Crippen LogP contribution in [-0.4, -0.2) is 37.0 Å². The summed E-state index contributed by atoms with van der Waals surface area (Å²) < 4.78 is 5.24. The maximum Gasteiger partial charge on any atom is 0.225 e.